The van der Waals surface area contributed by atoms with Crippen LogP contribution in [0, 0.1) is 0 Å². The Hall–Kier alpha value is -2.08. The highest BCUT2D eigenvalue weighted by Crippen LogP contribution is 2.10. The first-order chi connectivity index (χ1) is 8.86. The molecule has 0 aromatic heterocycles. The summed E-state index contributed by atoms with van der Waals surface area (Å²) in [6.07, 6.45) is 1.30. The molecular weight excluding hydrogens is 250 g/mol. The number of aliphatic carboxylic acids is 2. The fourth-order valence-electron chi connectivity index (χ4n) is 1.19. The molecule has 0 bridgehead atoms. The van der Waals surface area contributed by atoms with Crippen molar-refractivity contribution < 1.29 is 24.9 Å². The fraction of sp³-hybridized carbons (Fsp3) is 0.385. The first-order valence-electron chi connectivity index (χ1n) is 5.84. The van der Waals surface area contributed by atoms with Crippen LogP contribution in [0.25, 0.3) is 0 Å². The number of rotatable bonds is 5. The maximum Gasteiger partial charge on any atom is 0.320 e. The van der Waals surface area contributed by atoms with E-state index in [9.17, 15) is 9.59 Å². The number of aromatic hydroxyl groups is 1. The van der Waals surface area contributed by atoms with Crippen molar-refractivity contribution in [3.05, 3.63) is 29.8 Å². The van der Waals surface area contributed by atoms with Crippen LogP contribution in [0.3, 0.4) is 0 Å². The number of carboxylic acid groups (broad SMARTS) is 2. The van der Waals surface area contributed by atoms with Gasteiger partial charge in [-0.1, -0.05) is 19.1 Å². The Bertz CT molecular complexity index is 402. The Kier molecular flexibility index (Phi) is 7.95. The first-order valence-corrected chi connectivity index (χ1v) is 5.84. The summed E-state index contributed by atoms with van der Waals surface area (Å²) in [5.41, 5.74) is 6.12. The van der Waals surface area contributed by atoms with Gasteiger partial charge in [0.25, 0.3) is 0 Å². The molecule has 0 unspecified atom stereocenters. The molecule has 0 radical (unpaired) electrons. The lowest BCUT2D eigenvalue weighted by molar-refractivity contribution is -0.139. The van der Waals surface area contributed by atoms with Crippen molar-refractivity contribution in [2.75, 3.05) is 0 Å². The zero-order valence-electron chi connectivity index (χ0n) is 10.7. The van der Waals surface area contributed by atoms with E-state index in [0.29, 0.717) is 6.42 Å². The molecule has 19 heavy (non-hydrogen) atoms. The second kappa shape index (κ2) is 8.93. The zero-order valence-corrected chi connectivity index (χ0v) is 10.7. The molecule has 0 spiro atoms. The zero-order chi connectivity index (χ0) is 14.8. The Labute approximate surface area is 111 Å². The van der Waals surface area contributed by atoms with Crippen LogP contribution < -0.4 is 5.73 Å². The highest BCUT2D eigenvalue weighted by Gasteiger charge is 2.11. The molecule has 1 atom stereocenters. The predicted molar refractivity (Wildman–Crippen MR) is 70.0 cm³/mol. The van der Waals surface area contributed by atoms with Crippen LogP contribution in [0.2, 0.25) is 0 Å². The van der Waals surface area contributed by atoms with Gasteiger partial charge in [-0.15, -0.1) is 0 Å². The summed E-state index contributed by atoms with van der Waals surface area (Å²) in [4.78, 5) is 20.0. The minimum atomic E-state index is -1.02. The molecule has 5 N–H and O–H groups in total. The third-order valence-electron chi connectivity index (χ3n) is 2.17. The quantitative estimate of drug-likeness (QED) is 0.637. The summed E-state index contributed by atoms with van der Waals surface area (Å²) in [6.45, 7) is 1.84. The van der Waals surface area contributed by atoms with Crippen LogP contribution in [0.5, 0.6) is 5.75 Å². The van der Waals surface area contributed by atoms with Crippen molar-refractivity contribution in [3.63, 3.8) is 0 Å². The summed E-state index contributed by atoms with van der Waals surface area (Å²) in [7, 11) is 0. The van der Waals surface area contributed by atoms with Crippen molar-refractivity contribution in [2.24, 2.45) is 5.73 Å². The van der Waals surface area contributed by atoms with Gasteiger partial charge in [-0.05, 0) is 30.5 Å². The van der Waals surface area contributed by atoms with E-state index >= 15 is 0 Å². The van der Waals surface area contributed by atoms with Gasteiger partial charge >= 0.3 is 11.9 Å². The van der Waals surface area contributed by atoms with E-state index < -0.39 is 18.0 Å². The summed E-state index contributed by atoms with van der Waals surface area (Å²) in [5.74, 6) is -1.57. The van der Waals surface area contributed by atoms with Crippen molar-refractivity contribution >= 4 is 11.9 Å². The van der Waals surface area contributed by atoms with Crippen LogP contribution >= 0.6 is 0 Å². The number of hydrogen-bond donors (Lipinski definition) is 4. The molecule has 0 saturated heterocycles. The third kappa shape index (κ3) is 8.62. The second-order valence-electron chi connectivity index (χ2n) is 3.96. The fourth-order valence-corrected chi connectivity index (χ4v) is 1.19. The van der Waals surface area contributed by atoms with Crippen LogP contribution in [-0.4, -0.2) is 33.3 Å². The van der Waals surface area contributed by atoms with Gasteiger partial charge in [0.2, 0.25) is 0 Å². The summed E-state index contributed by atoms with van der Waals surface area (Å²) in [6, 6.07) is 5.42. The van der Waals surface area contributed by atoms with Crippen molar-refractivity contribution in [1.82, 2.24) is 0 Å². The first kappa shape index (κ1) is 16.9. The molecule has 0 aliphatic carbocycles. The van der Waals surface area contributed by atoms with E-state index in [0.717, 1.165) is 12.0 Å². The third-order valence-corrected chi connectivity index (χ3v) is 2.17. The van der Waals surface area contributed by atoms with Crippen LogP contribution in [0.4, 0.5) is 0 Å². The van der Waals surface area contributed by atoms with Crippen LogP contribution in [0.15, 0.2) is 24.3 Å². The van der Waals surface area contributed by atoms with Gasteiger partial charge in [0.15, 0.2) is 0 Å². The maximum atomic E-state index is 10.4. The monoisotopic (exact) mass is 269 g/mol. The van der Waals surface area contributed by atoms with Crippen molar-refractivity contribution in [1.29, 1.82) is 0 Å². The normalized spacial score (nSPS) is 11.1. The Morgan fingerprint density at radius 2 is 1.74 bits per heavy atom. The molecule has 1 aromatic rings. The molecule has 0 amide bonds. The van der Waals surface area contributed by atoms with Gasteiger partial charge in [-0.2, -0.15) is 0 Å². The van der Waals surface area contributed by atoms with Crippen LogP contribution in [-0.2, 0) is 16.0 Å². The van der Waals surface area contributed by atoms with Gasteiger partial charge < -0.3 is 21.1 Å². The topological polar surface area (TPSA) is 121 Å². The SMILES string of the molecule is CCCC(=O)O.N[C@@H](Cc1ccc(O)cc1)C(=O)O. The Morgan fingerprint density at radius 3 is 2.05 bits per heavy atom. The minimum absolute atomic E-state index is 0.160. The average molecular weight is 269 g/mol. The van der Waals surface area contributed by atoms with E-state index in [4.69, 9.17) is 21.1 Å². The van der Waals surface area contributed by atoms with Gasteiger partial charge in [-0.25, -0.2) is 0 Å². The minimum Gasteiger partial charge on any atom is -0.508 e. The van der Waals surface area contributed by atoms with Gasteiger partial charge in [0.1, 0.15) is 11.8 Å². The number of nitrogens with two attached hydrogens (primary N) is 1. The second-order valence-corrected chi connectivity index (χ2v) is 3.96. The molecule has 6 nitrogen and oxygen atoms in total. The molecule has 1 aromatic carbocycles. The molecule has 0 aliphatic rings. The highest BCUT2D eigenvalue weighted by atomic mass is 16.4. The average Bonchev–Trinajstić information content (AvgIpc) is 2.32. The molecule has 0 saturated carbocycles. The van der Waals surface area contributed by atoms with Crippen molar-refractivity contribution in [3.8, 4) is 5.75 Å². The molecular formula is C13H19NO5. The maximum absolute atomic E-state index is 10.4. The number of hydrogen-bond acceptors (Lipinski definition) is 4. The van der Waals surface area contributed by atoms with Gasteiger partial charge in [-0.3, -0.25) is 9.59 Å². The molecule has 106 valence electrons. The number of carboxylic acids is 2. The molecule has 6 heteroatoms. The van der Waals surface area contributed by atoms with Crippen molar-refractivity contribution in [2.45, 2.75) is 32.2 Å². The van der Waals surface area contributed by atoms with Crippen LogP contribution in [0.1, 0.15) is 25.3 Å². The number of benzene rings is 1. The van der Waals surface area contributed by atoms with E-state index in [1.54, 1.807) is 12.1 Å². The largest absolute Gasteiger partial charge is 0.508 e. The Balaban J connectivity index is 0.000000459. The molecule has 0 fully saturated rings. The van der Waals surface area contributed by atoms with Gasteiger partial charge in [0, 0.05) is 6.42 Å². The molecule has 1 rings (SSSR count). The number of phenolic OH excluding ortho intramolecular Hbond substituents is 1. The molecule has 0 aliphatic heterocycles. The summed E-state index contributed by atoms with van der Waals surface area (Å²) in [5, 5.41) is 25.4. The van der Waals surface area contributed by atoms with Gasteiger partial charge in [0.05, 0.1) is 0 Å². The predicted octanol–water partition coefficient (Wildman–Crippen LogP) is 1.22. The van der Waals surface area contributed by atoms with E-state index in [1.807, 2.05) is 6.92 Å². The smallest absolute Gasteiger partial charge is 0.320 e. The summed E-state index contributed by atoms with van der Waals surface area (Å²) < 4.78 is 0. The number of carbonyl (C=O) groups is 2. The standard InChI is InChI=1S/C9H11NO3.C4H8O2/c10-8(9(12)13)5-6-1-3-7(11)4-2-6;1-2-3-4(5)6/h1-4,8,11H,5,10H2,(H,12,13);2-3H2,1H3,(H,5,6)/t8-;/m0./s1. The lowest BCUT2D eigenvalue weighted by Gasteiger charge is -2.05. The molecule has 0 heterocycles. The number of phenols is 1. The lowest BCUT2D eigenvalue weighted by atomic mass is 10.1. The van der Waals surface area contributed by atoms with E-state index in [-0.39, 0.29) is 12.2 Å². The highest BCUT2D eigenvalue weighted by molar-refractivity contribution is 5.73. The van der Waals surface area contributed by atoms with E-state index in [2.05, 4.69) is 0 Å². The lowest BCUT2D eigenvalue weighted by Crippen LogP contribution is -2.32. The Morgan fingerprint density at radius 1 is 1.21 bits per heavy atom. The van der Waals surface area contributed by atoms with E-state index in [1.165, 1.54) is 12.1 Å². The summed E-state index contributed by atoms with van der Waals surface area (Å²) >= 11 is 0.